The summed E-state index contributed by atoms with van der Waals surface area (Å²) in [7, 11) is 0. The third kappa shape index (κ3) is 58.7. The van der Waals surface area contributed by atoms with E-state index in [-0.39, 0.29) is 31.1 Å². The van der Waals surface area contributed by atoms with Gasteiger partial charge in [-0.1, -0.05) is 289 Å². The number of hydrogen-bond acceptors (Lipinski definition) is 6. The van der Waals surface area contributed by atoms with E-state index in [0.29, 0.717) is 19.3 Å². The van der Waals surface area contributed by atoms with Crippen molar-refractivity contribution in [2.75, 3.05) is 13.2 Å². The second-order valence-electron chi connectivity index (χ2n) is 21.7. The molecule has 0 bridgehead atoms. The average Bonchev–Trinajstić information content (AvgIpc) is 3.37. The largest absolute Gasteiger partial charge is 0.462 e. The van der Waals surface area contributed by atoms with Crippen LogP contribution in [0.5, 0.6) is 0 Å². The molecule has 6 nitrogen and oxygen atoms in total. The van der Waals surface area contributed by atoms with E-state index in [1.54, 1.807) is 0 Å². The Bertz CT molecular complexity index is 1150. The average molecular weight is 1000 g/mol. The predicted molar refractivity (Wildman–Crippen MR) is 307 cm³/mol. The second-order valence-corrected chi connectivity index (χ2v) is 21.7. The van der Waals surface area contributed by atoms with Crippen molar-refractivity contribution in [3.05, 3.63) is 24.3 Å². The molecule has 0 fully saturated rings. The fraction of sp³-hybridized carbons (Fsp3) is 0.892. The van der Waals surface area contributed by atoms with Crippen molar-refractivity contribution in [3.63, 3.8) is 0 Å². The summed E-state index contributed by atoms with van der Waals surface area (Å²) in [6.07, 6.45) is 71.8. The second kappa shape index (κ2) is 60.4. The number of esters is 3. The molecule has 0 heterocycles. The number of ether oxygens (including phenoxy) is 3. The van der Waals surface area contributed by atoms with Gasteiger partial charge in [-0.05, 0) is 70.6 Å². The Morgan fingerprint density at radius 2 is 0.465 bits per heavy atom. The Labute approximate surface area is 443 Å². The first-order valence-electron chi connectivity index (χ1n) is 31.8. The fourth-order valence-corrected chi connectivity index (χ4v) is 9.61. The van der Waals surface area contributed by atoms with Crippen LogP contribution in [-0.4, -0.2) is 37.2 Å². The lowest BCUT2D eigenvalue weighted by atomic mass is 10.0. The van der Waals surface area contributed by atoms with Gasteiger partial charge in [0.05, 0.1) is 0 Å². The number of hydrogen-bond donors (Lipinski definition) is 0. The summed E-state index contributed by atoms with van der Waals surface area (Å²) >= 11 is 0. The van der Waals surface area contributed by atoms with E-state index in [1.165, 1.54) is 257 Å². The predicted octanol–water partition coefficient (Wildman–Crippen LogP) is 21.4. The van der Waals surface area contributed by atoms with Crippen LogP contribution in [0, 0.1) is 0 Å². The highest BCUT2D eigenvalue weighted by Gasteiger charge is 2.19. The number of carbonyl (C=O) groups excluding carboxylic acids is 3. The Balaban J connectivity index is 4.28. The van der Waals surface area contributed by atoms with Crippen molar-refractivity contribution < 1.29 is 28.6 Å². The molecule has 71 heavy (non-hydrogen) atoms. The zero-order valence-corrected chi connectivity index (χ0v) is 48.0. The van der Waals surface area contributed by atoms with Crippen LogP contribution in [0.25, 0.3) is 0 Å². The topological polar surface area (TPSA) is 78.9 Å². The Morgan fingerprint density at radius 1 is 0.268 bits per heavy atom. The Kier molecular flexibility index (Phi) is 58.6. The van der Waals surface area contributed by atoms with Crippen molar-refractivity contribution in [1.82, 2.24) is 0 Å². The molecule has 0 saturated heterocycles. The number of carbonyl (C=O) groups is 3. The molecular formula is C65H122O6. The van der Waals surface area contributed by atoms with Gasteiger partial charge in [0, 0.05) is 19.3 Å². The molecule has 0 aromatic rings. The minimum Gasteiger partial charge on any atom is -0.462 e. The van der Waals surface area contributed by atoms with E-state index in [0.717, 1.165) is 57.8 Å². The molecule has 0 aromatic heterocycles. The van der Waals surface area contributed by atoms with Crippen molar-refractivity contribution in [3.8, 4) is 0 Å². The van der Waals surface area contributed by atoms with Crippen LogP contribution < -0.4 is 0 Å². The zero-order valence-electron chi connectivity index (χ0n) is 48.0. The van der Waals surface area contributed by atoms with Gasteiger partial charge in [-0.2, -0.15) is 0 Å². The standard InChI is InChI=1S/C65H122O6/c1-4-7-10-13-16-19-22-25-27-29-31-32-34-35-37-40-43-46-49-52-55-58-64(67)70-61-62(60-69-63(66)57-54-51-48-45-42-39-24-21-18-15-12-9-6-3)71-65(68)59-56-53-50-47-44-41-38-36-33-30-28-26-23-20-17-14-11-8-5-2/h25-28,62H,4-24,29-61H2,1-3H3/b27-25-,28-26-/t62-/m0/s1. The van der Waals surface area contributed by atoms with Gasteiger partial charge in [0.2, 0.25) is 0 Å². The van der Waals surface area contributed by atoms with Crippen LogP contribution in [0.15, 0.2) is 24.3 Å². The van der Waals surface area contributed by atoms with Gasteiger partial charge < -0.3 is 14.2 Å². The van der Waals surface area contributed by atoms with Gasteiger partial charge in [-0.25, -0.2) is 0 Å². The fourth-order valence-electron chi connectivity index (χ4n) is 9.61. The van der Waals surface area contributed by atoms with Gasteiger partial charge in [0.15, 0.2) is 6.10 Å². The van der Waals surface area contributed by atoms with Crippen molar-refractivity contribution >= 4 is 17.9 Å². The molecule has 0 aliphatic rings. The van der Waals surface area contributed by atoms with Crippen LogP contribution in [-0.2, 0) is 28.6 Å². The maximum Gasteiger partial charge on any atom is 0.306 e. The van der Waals surface area contributed by atoms with E-state index in [1.807, 2.05) is 0 Å². The molecule has 0 N–H and O–H groups in total. The molecule has 1 atom stereocenters. The lowest BCUT2D eigenvalue weighted by Gasteiger charge is -2.18. The lowest BCUT2D eigenvalue weighted by Crippen LogP contribution is -2.30. The van der Waals surface area contributed by atoms with E-state index >= 15 is 0 Å². The first-order valence-corrected chi connectivity index (χ1v) is 31.8. The first-order chi connectivity index (χ1) is 35.0. The van der Waals surface area contributed by atoms with Crippen molar-refractivity contribution in [2.45, 2.75) is 361 Å². The molecule has 0 saturated carbocycles. The highest BCUT2D eigenvalue weighted by atomic mass is 16.6. The molecule has 0 amide bonds. The lowest BCUT2D eigenvalue weighted by molar-refractivity contribution is -0.167. The summed E-state index contributed by atoms with van der Waals surface area (Å²) in [4.78, 5) is 38.3. The van der Waals surface area contributed by atoms with Crippen LogP contribution in [0.4, 0.5) is 0 Å². The molecule has 0 aliphatic heterocycles. The normalized spacial score (nSPS) is 12.1. The molecule has 0 spiro atoms. The Morgan fingerprint density at radius 3 is 0.704 bits per heavy atom. The van der Waals surface area contributed by atoms with E-state index < -0.39 is 6.10 Å². The first kappa shape index (κ1) is 68.9. The molecule has 0 rings (SSSR count). The monoisotopic (exact) mass is 999 g/mol. The minimum atomic E-state index is -0.769. The summed E-state index contributed by atoms with van der Waals surface area (Å²) in [5.41, 5.74) is 0. The molecule has 0 unspecified atom stereocenters. The molecule has 6 heteroatoms. The van der Waals surface area contributed by atoms with Gasteiger partial charge in [-0.3, -0.25) is 14.4 Å². The third-order valence-corrected chi connectivity index (χ3v) is 14.4. The van der Waals surface area contributed by atoms with Gasteiger partial charge in [0.1, 0.15) is 13.2 Å². The SMILES string of the molecule is CCCCCCCC/C=C\CCCCCCCCCCCCCC(=O)OC[C@H](COC(=O)CCCCCCCCCCCCCCC)OC(=O)CCCCCCCCCCC/C=C\CCCCCCCC. The highest BCUT2D eigenvalue weighted by molar-refractivity contribution is 5.71. The van der Waals surface area contributed by atoms with Crippen LogP contribution in [0.2, 0.25) is 0 Å². The minimum absolute atomic E-state index is 0.0670. The van der Waals surface area contributed by atoms with E-state index in [4.69, 9.17) is 14.2 Å². The summed E-state index contributed by atoms with van der Waals surface area (Å²) in [5.74, 6) is -0.844. The third-order valence-electron chi connectivity index (χ3n) is 14.4. The summed E-state index contributed by atoms with van der Waals surface area (Å²) < 4.78 is 16.9. The molecule has 0 aliphatic carbocycles. The molecule has 418 valence electrons. The van der Waals surface area contributed by atoms with Gasteiger partial charge in [-0.15, -0.1) is 0 Å². The quantitative estimate of drug-likeness (QED) is 0.0261. The summed E-state index contributed by atoms with van der Waals surface area (Å²) in [5, 5.41) is 0. The highest BCUT2D eigenvalue weighted by Crippen LogP contribution is 2.17. The maximum absolute atomic E-state index is 12.9. The maximum atomic E-state index is 12.9. The summed E-state index contributed by atoms with van der Waals surface area (Å²) in [6.45, 7) is 6.69. The van der Waals surface area contributed by atoms with Gasteiger partial charge >= 0.3 is 17.9 Å². The van der Waals surface area contributed by atoms with E-state index in [9.17, 15) is 14.4 Å². The smallest absolute Gasteiger partial charge is 0.306 e. The van der Waals surface area contributed by atoms with Crippen LogP contribution >= 0.6 is 0 Å². The van der Waals surface area contributed by atoms with Crippen molar-refractivity contribution in [1.29, 1.82) is 0 Å². The number of rotatable bonds is 59. The molecular weight excluding hydrogens is 877 g/mol. The molecule has 0 radical (unpaired) electrons. The van der Waals surface area contributed by atoms with Crippen LogP contribution in [0.1, 0.15) is 355 Å². The van der Waals surface area contributed by atoms with Crippen molar-refractivity contribution in [2.24, 2.45) is 0 Å². The number of allylic oxidation sites excluding steroid dienone is 4. The zero-order chi connectivity index (χ0) is 51.4. The van der Waals surface area contributed by atoms with Gasteiger partial charge in [0.25, 0.3) is 0 Å². The van der Waals surface area contributed by atoms with Crippen LogP contribution in [0.3, 0.4) is 0 Å². The number of unbranched alkanes of at least 4 members (excludes halogenated alkanes) is 44. The molecule has 0 aromatic carbocycles. The Hall–Kier alpha value is -2.11. The van der Waals surface area contributed by atoms with E-state index in [2.05, 4.69) is 45.1 Å². The summed E-state index contributed by atoms with van der Waals surface area (Å²) in [6, 6.07) is 0.